The number of pyridine rings is 1. The zero-order valence-corrected chi connectivity index (χ0v) is 19.6. The van der Waals surface area contributed by atoms with Crippen molar-refractivity contribution in [3.63, 3.8) is 0 Å². The Kier molecular flexibility index (Phi) is 5.83. The number of benzene rings is 1. The summed E-state index contributed by atoms with van der Waals surface area (Å²) in [6.07, 6.45) is 5.52. The average molecular weight is 446 g/mol. The van der Waals surface area contributed by atoms with Crippen molar-refractivity contribution in [2.45, 2.75) is 44.1 Å². The van der Waals surface area contributed by atoms with E-state index in [-0.39, 0.29) is 17.8 Å². The number of thioether (sulfide) groups is 1. The number of aromatic nitrogens is 1. The lowest BCUT2D eigenvalue weighted by atomic mass is 9.77. The summed E-state index contributed by atoms with van der Waals surface area (Å²) in [5.41, 5.74) is 9.07. The lowest BCUT2D eigenvalue weighted by molar-refractivity contribution is -0.129. The summed E-state index contributed by atoms with van der Waals surface area (Å²) in [6, 6.07) is 12.3. The van der Waals surface area contributed by atoms with Gasteiger partial charge in [-0.25, -0.2) is 4.99 Å². The number of allylic oxidation sites excluding steroid dienone is 1. The van der Waals surface area contributed by atoms with E-state index >= 15 is 0 Å². The van der Waals surface area contributed by atoms with Crippen molar-refractivity contribution >= 4 is 23.6 Å². The second kappa shape index (κ2) is 8.44. The predicted octanol–water partition coefficient (Wildman–Crippen LogP) is 4.12. The van der Waals surface area contributed by atoms with E-state index in [9.17, 15) is 10.1 Å². The van der Waals surface area contributed by atoms with Crippen LogP contribution >= 0.6 is 11.8 Å². The number of rotatable bonds is 4. The topological polar surface area (TPSA) is 95.4 Å². The van der Waals surface area contributed by atoms with Crippen LogP contribution in [0.3, 0.4) is 0 Å². The number of carbonyl (C=O) groups excluding carboxylic acids is 1. The summed E-state index contributed by atoms with van der Waals surface area (Å²) in [4.78, 5) is 25.0. The molecule has 32 heavy (non-hydrogen) atoms. The Morgan fingerprint density at radius 3 is 2.62 bits per heavy atom. The van der Waals surface area contributed by atoms with E-state index in [1.54, 1.807) is 31.2 Å². The van der Waals surface area contributed by atoms with Crippen LogP contribution in [0, 0.1) is 11.3 Å². The van der Waals surface area contributed by atoms with Crippen molar-refractivity contribution in [2.75, 3.05) is 12.8 Å². The molecule has 0 saturated carbocycles. The van der Waals surface area contributed by atoms with E-state index in [1.165, 1.54) is 10.5 Å². The molecule has 3 atom stereocenters. The molecular weight excluding hydrogens is 418 g/mol. The first-order chi connectivity index (χ1) is 15.2. The molecule has 0 fully saturated rings. The Morgan fingerprint density at radius 2 is 1.97 bits per heavy atom. The second-order valence-electron chi connectivity index (χ2n) is 8.84. The van der Waals surface area contributed by atoms with E-state index in [1.807, 2.05) is 25.1 Å². The summed E-state index contributed by atoms with van der Waals surface area (Å²) in [6.45, 7) is 6.30. The molecule has 6 nitrogen and oxygen atoms in total. The second-order valence-corrected chi connectivity index (χ2v) is 9.90. The van der Waals surface area contributed by atoms with Crippen LogP contribution in [-0.4, -0.2) is 40.1 Å². The van der Waals surface area contributed by atoms with Gasteiger partial charge in [-0.15, -0.1) is 11.8 Å². The van der Waals surface area contributed by atoms with Gasteiger partial charge in [-0.2, -0.15) is 5.26 Å². The van der Waals surface area contributed by atoms with Crippen molar-refractivity contribution in [3.8, 4) is 6.07 Å². The Hall–Kier alpha value is -3.11. The molecule has 1 aromatic heterocycles. The van der Waals surface area contributed by atoms with E-state index in [0.717, 1.165) is 21.8 Å². The van der Waals surface area contributed by atoms with Gasteiger partial charge >= 0.3 is 0 Å². The van der Waals surface area contributed by atoms with Crippen LogP contribution in [0.1, 0.15) is 60.8 Å². The zero-order valence-electron chi connectivity index (χ0n) is 18.7. The fourth-order valence-electron chi connectivity index (χ4n) is 4.35. The predicted molar refractivity (Wildman–Crippen MR) is 128 cm³/mol. The van der Waals surface area contributed by atoms with Crippen molar-refractivity contribution in [1.29, 1.82) is 5.26 Å². The molecule has 1 unspecified atom stereocenters. The minimum atomic E-state index is -0.799. The van der Waals surface area contributed by atoms with Crippen molar-refractivity contribution in [3.05, 3.63) is 76.0 Å². The number of likely N-dealkylation sites (N-methyl/N-ethyl adjacent to an activating group) is 1. The van der Waals surface area contributed by atoms with Gasteiger partial charge in [0.1, 0.15) is 11.6 Å². The van der Waals surface area contributed by atoms with Gasteiger partial charge in [-0.05, 0) is 35.6 Å². The van der Waals surface area contributed by atoms with E-state index in [2.05, 4.69) is 43.1 Å². The third kappa shape index (κ3) is 3.80. The minimum absolute atomic E-state index is 0.0598. The van der Waals surface area contributed by atoms with Crippen molar-refractivity contribution < 1.29 is 4.79 Å². The molecule has 0 aliphatic carbocycles. The van der Waals surface area contributed by atoms with E-state index < -0.39 is 11.5 Å². The van der Waals surface area contributed by atoms with E-state index in [0.29, 0.717) is 11.5 Å². The van der Waals surface area contributed by atoms with Gasteiger partial charge < -0.3 is 5.73 Å². The number of carbonyl (C=O) groups is 1. The summed E-state index contributed by atoms with van der Waals surface area (Å²) in [5, 5.41) is 9.21. The molecule has 0 radical (unpaired) electrons. The Morgan fingerprint density at radius 1 is 1.25 bits per heavy atom. The number of aliphatic imine (C=N–C) groups is 1. The van der Waals surface area contributed by atoms with Crippen LogP contribution in [-0.2, 0) is 4.79 Å². The van der Waals surface area contributed by atoms with Crippen molar-refractivity contribution in [1.82, 2.24) is 9.88 Å². The highest BCUT2D eigenvalue weighted by Gasteiger charge is 2.49. The molecule has 0 bridgehead atoms. The lowest BCUT2D eigenvalue weighted by Crippen LogP contribution is -2.54. The molecule has 7 heteroatoms. The molecule has 1 amide bonds. The highest BCUT2D eigenvalue weighted by atomic mass is 32.2. The normalized spacial score (nSPS) is 25.5. The fraction of sp³-hybridized carbons (Fsp3) is 0.360. The Balaban J connectivity index is 1.76. The molecule has 164 valence electrons. The van der Waals surface area contributed by atoms with Crippen LogP contribution in [0.4, 0.5) is 0 Å². The number of nitrogens with zero attached hydrogens (tertiary/aromatic N) is 4. The highest BCUT2D eigenvalue weighted by molar-refractivity contribution is 8.03. The van der Waals surface area contributed by atoms with Crippen LogP contribution in [0.2, 0.25) is 0 Å². The summed E-state index contributed by atoms with van der Waals surface area (Å²) in [7, 11) is 1.67. The maximum atomic E-state index is 13.4. The van der Waals surface area contributed by atoms with Gasteiger partial charge in [0.2, 0.25) is 5.91 Å². The number of hydrogen-bond donors (Lipinski definition) is 1. The maximum absolute atomic E-state index is 13.4. The first-order valence-electron chi connectivity index (χ1n) is 10.7. The molecule has 2 aromatic rings. The molecule has 0 spiro atoms. The summed E-state index contributed by atoms with van der Waals surface area (Å²) < 4.78 is 0. The average Bonchev–Trinajstić information content (AvgIpc) is 3.29. The molecule has 0 saturated heterocycles. The first kappa shape index (κ1) is 22.1. The third-order valence-electron chi connectivity index (χ3n) is 6.35. The minimum Gasteiger partial charge on any atom is -0.369 e. The number of hydrogen-bond acceptors (Lipinski definition) is 6. The molecule has 4 rings (SSSR count). The van der Waals surface area contributed by atoms with Gasteiger partial charge in [0, 0.05) is 36.0 Å². The largest absolute Gasteiger partial charge is 0.369 e. The Bertz CT molecular complexity index is 1150. The monoisotopic (exact) mass is 445 g/mol. The van der Waals surface area contributed by atoms with Gasteiger partial charge in [-0.3, -0.25) is 14.7 Å². The maximum Gasteiger partial charge on any atom is 0.239 e. The smallest absolute Gasteiger partial charge is 0.239 e. The summed E-state index contributed by atoms with van der Waals surface area (Å²) in [5.74, 6) is 1.02. The number of amides is 1. The van der Waals surface area contributed by atoms with Crippen LogP contribution in [0.15, 0.2) is 58.7 Å². The van der Waals surface area contributed by atoms with Crippen LogP contribution in [0.5, 0.6) is 0 Å². The molecule has 2 aliphatic rings. The van der Waals surface area contributed by atoms with Crippen LogP contribution in [0.25, 0.3) is 0 Å². The SMILES string of the molecule is CC(C)c1ccc([C@H]2C(=O)N(C)C(N)=N[C@]2(C)C2=CC(c3cncc(C#N)c3)CS2)cc1. The van der Waals surface area contributed by atoms with Gasteiger partial charge in [0.15, 0.2) is 5.96 Å². The molecule has 2 aliphatic heterocycles. The molecule has 3 heterocycles. The quantitative estimate of drug-likeness (QED) is 0.764. The fourth-order valence-corrected chi connectivity index (χ4v) is 5.71. The van der Waals surface area contributed by atoms with Crippen LogP contribution < -0.4 is 5.73 Å². The van der Waals surface area contributed by atoms with Crippen molar-refractivity contribution in [2.24, 2.45) is 10.7 Å². The number of guanidine groups is 1. The summed E-state index contributed by atoms with van der Waals surface area (Å²) >= 11 is 1.69. The van der Waals surface area contributed by atoms with Gasteiger partial charge in [0.05, 0.1) is 11.5 Å². The standard InChI is InChI=1S/C25H27N5OS/c1-15(2)17-5-7-18(8-6-17)22-23(31)30(4)24(27)29-25(22,3)21-10-20(14-32-21)19-9-16(11-26)12-28-13-19/h5-10,12-13,15,20,22H,14H2,1-4H3,(H2,27,29)/t20?,22-,25+/m0/s1. The molecular formula is C25H27N5OS. The zero-order chi connectivity index (χ0) is 23.0. The first-order valence-corrected chi connectivity index (χ1v) is 11.7. The number of nitriles is 1. The van der Waals surface area contributed by atoms with Gasteiger partial charge in [-0.1, -0.05) is 44.2 Å². The number of nitrogens with two attached hydrogens (primary N) is 1. The Labute approximate surface area is 193 Å². The lowest BCUT2D eigenvalue weighted by Gasteiger charge is -2.41. The van der Waals surface area contributed by atoms with E-state index in [4.69, 9.17) is 10.7 Å². The molecule has 1 aromatic carbocycles. The highest BCUT2D eigenvalue weighted by Crippen LogP contribution is 2.50. The molecule has 2 N–H and O–H groups in total. The van der Waals surface area contributed by atoms with Gasteiger partial charge in [0.25, 0.3) is 0 Å². The third-order valence-corrected chi connectivity index (χ3v) is 7.74.